The lowest BCUT2D eigenvalue weighted by Gasteiger charge is -2.31. The van der Waals surface area contributed by atoms with Gasteiger partial charge in [0.2, 0.25) is 5.91 Å². The first kappa shape index (κ1) is 46.1. The fourth-order valence-corrected chi connectivity index (χ4v) is 7.13. The minimum atomic E-state index is -4.72. The fourth-order valence-electron chi connectivity index (χ4n) is 6.74. The third-order valence-electron chi connectivity index (χ3n) is 9.80. The molecule has 53 heavy (non-hydrogen) atoms. The van der Waals surface area contributed by atoms with E-state index in [-0.39, 0.29) is 37.3 Å². The van der Waals surface area contributed by atoms with Crippen LogP contribution in [0.5, 0.6) is 5.75 Å². The van der Waals surface area contributed by atoms with Gasteiger partial charge in [-0.15, -0.1) is 0 Å². The van der Waals surface area contributed by atoms with Crippen LogP contribution in [0, 0.1) is 0 Å². The summed E-state index contributed by atoms with van der Waals surface area (Å²) in [6.45, 7) is 4.48. The Hall–Kier alpha value is -3.08. The lowest BCUT2D eigenvalue weighted by atomic mass is 9.81. The van der Waals surface area contributed by atoms with Gasteiger partial charge in [-0.25, -0.2) is 4.57 Å². The van der Waals surface area contributed by atoms with Gasteiger partial charge >= 0.3 is 13.8 Å². The molecule has 0 radical (unpaired) electrons. The van der Waals surface area contributed by atoms with Gasteiger partial charge < -0.3 is 26.0 Å². The third-order valence-corrected chi connectivity index (χ3v) is 10.2. The first-order valence-corrected chi connectivity index (χ1v) is 21.3. The summed E-state index contributed by atoms with van der Waals surface area (Å²) in [5.41, 5.74) is 7.00. The summed E-state index contributed by atoms with van der Waals surface area (Å²) in [6, 6.07) is 14.6. The van der Waals surface area contributed by atoms with Crippen molar-refractivity contribution in [2.45, 2.75) is 160 Å². The summed E-state index contributed by atoms with van der Waals surface area (Å²) >= 11 is 0. The van der Waals surface area contributed by atoms with Crippen molar-refractivity contribution in [3.63, 3.8) is 0 Å². The molecule has 0 aliphatic heterocycles. The number of benzene rings is 2. The van der Waals surface area contributed by atoms with E-state index < -0.39 is 37.2 Å². The highest BCUT2D eigenvalue weighted by Gasteiger charge is 2.37. The maximum atomic E-state index is 13.7. The number of aliphatic carboxylic acids is 1. The van der Waals surface area contributed by atoms with Crippen molar-refractivity contribution in [1.82, 2.24) is 10.6 Å². The number of phosphoric acid groups is 1. The molecule has 0 bridgehead atoms. The number of unbranched alkanes of at least 4 members (excludes halogenated alkanes) is 13. The first-order valence-electron chi connectivity index (χ1n) is 19.8. The number of carbonyl (C=O) groups is 3. The van der Waals surface area contributed by atoms with Crippen LogP contribution in [0.1, 0.15) is 153 Å². The number of hydrogen-bond acceptors (Lipinski definition) is 7. The van der Waals surface area contributed by atoms with E-state index in [0.29, 0.717) is 19.4 Å². The number of ketones is 1. The molecule has 1 amide bonds. The molecule has 0 aromatic heterocycles. The Bertz CT molecular complexity index is 1370. The van der Waals surface area contributed by atoms with Gasteiger partial charge in [-0.1, -0.05) is 133 Å². The summed E-state index contributed by atoms with van der Waals surface area (Å²) in [6.07, 6.45) is 18.8. The van der Waals surface area contributed by atoms with Crippen molar-refractivity contribution in [2.75, 3.05) is 6.54 Å². The molecule has 0 spiro atoms. The van der Waals surface area contributed by atoms with Crippen LogP contribution in [0.2, 0.25) is 0 Å². The molecule has 12 heteroatoms. The Morgan fingerprint density at radius 2 is 1.34 bits per heavy atom. The SMILES string of the molecule is CCCCCCCCCCCCCCCCNC(CC(=O)NC(C)C(=O)C(N)(CCCc1ccccc1)CCC(=O)O)c1ccc(OP(=O)(O)O)cc1. The summed E-state index contributed by atoms with van der Waals surface area (Å²) in [5.74, 6) is -1.84. The molecule has 2 rings (SSSR count). The van der Waals surface area contributed by atoms with Gasteiger partial charge in [0.1, 0.15) is 5.75 Å². The number of carbonyl (C=O) groups excluding carboxylic acids is 2. The molecule has 2 aromatic carbocycles. The minimum Gasteiger partial charge on any atom is -0.481 e. The molecule has 0 heterocycles. The average molecular weight is 760 g/mol. The Kier molecular flexibility index (Phi) is 22.5. The molecule has 3 atom stereocenters. The van der Waals surface area contributed by atoms with Crippen molar-refractivity contribution in [3.8, 4) is 5.75 Å². The molecule has 0 saturated heterocycles. The fraction of sp³-hybridized carbons (Fsp3) is 0.634. The van der Waals surface area contributed by atoms with Crippen LogP contribution in [0.4, 0.5) is 0 Å². The second-order valence-corrected chi connectivity index (χ2v) is 15.7. The molecule has 3 unspecified atom stereocenters. The largest absolute Gasteiger partial charge is 0.524 e. The third kappa shape index (κ3) is 20.8. The van der Waals surface area contributed by atoms with E-state index in [0.717, 1.165) is 30.4 Å². The predicted octanol–water partition coefficient (Wildman–Crippen LogP) is 8.32. The minimum absolute atomic E-state index is 0.00406. The summed E-state index contributed by atoms with van der Waals surface area (Å²) < 4.78 is 16.0. The Labute approximate surface area is 317 Å². The first-order chi connectivity index (χ1) is 25.3. The highest BCUT2D eigenvalue weighted by Crippen LogP contribution is 2.37. The summed E-state index contributed by atoms with van der Waals surface area (Å²) in [5, 5.41) is 15.6. The van der Waals surface area contributed by atoms with E-state index in [1.165, 1.54) is 82.8 Å². The molecular weight excluding hydrogens is 693 g/mol. The quantitative estimate of drug-likeness (QED) is 0.0322. The van der Waals surface area contributed by atoms with Gasteiger partial charge in [-0.3, -0.25) is 24.2 Å². The van der Waals surface area contributed by atoms with E-state index in [9.17, 15) is 33.8 Å². The maximum absolute atomic E-state index is 13.7. The van der Waals surface area contributed by atoms with E-state index >= 15 is 0 Å². The number of amides is 1. The zero-order valence-corrected chi connectivity index (χ0v) is 33.0. The number of phosphoric ester groups is 1. The topological polar surface area (TPSA) is 188 Å². The number of aryl methyl sites for hydroxylation is 1. The zero-order chi connectivity index (χ0) is 39.0. The second kappa shape index (κ2) is 25.9. The van der Waals surface area contributed by atoms with Gasteiger partial charge in [0.25, 0.3) is 0 Å². The van der Waals surface area contributed by atoms with E-state index in [2.05, 4.69) is 22.1 Å². The number of hydrogen-bond donors (Lipinski definition) is 6. The number of Topliss-reactive ketones (excluding diaryl/α,β-unsaturated/α-hetero) is 1. The number of rotatable bonds is 31. The summed E-state index contributed by atoms with van der Waals surface area (Å²) in [4.78, 5) is 56.8. The highest BCUT2D eigenvalue weighted by molar-refractivity contribution is 7.46. The molecule has 2 aromatic rings. The van der Waals surface area contributed by atoms with Crippen molar-refractivity contribution in [2.24, 2.45) is 5.73 Å². The van der Waals surface area contributed by atoms with Crippen molar-refractivity contribution in [1.29, 1.82) is 0 Å². The highest BCUT2D eigenvalue weighted by atomic mass is 31.2. The molecular formula is C41H66N3O8P. The normalized spacial score (nSPS) is 13.9. The number of nitrogens with one attached hydrogen (secondary N) is 2. The van der Waals surface area contributed by atoms with Gasteiger partial charge in [0.15, 0.2) is 5.78 Å². The van der Waals surface area contributed by atoms with Gasteiger partial charge in [-0.05, 0) is 68.8 Å². The lowest BCUT2D eigenvalue weighted by Crippen LogP contribution is -2.56. The molecule has 7 N–H and O–H groups in total. The van der Waals surface area contributed by atoms with Crippen LogP contribution in [0.15, 0.2) is 54.6 Å². The van der Waals surface area contributed by atoms with Crippen LogP contribution in [-0.2, 0) is 25.4 Å². The van der Waals surface area contributed by atoms with Crippen molar-refractivity contribution in [3.05, 3.63) is 65.7 Å². The molecule has 0 saturated carbocycles. The van der Waals surface area contributed by atoms with Crippen LogP contribution < -0.4 is 20.9 Å². The number of carboxylic acid groups (broad SMARTS) is 1. The van der Waals surface area contributed by atoms with Crippen LogP contribution in [-0.4, -0.2) is 50.7 Å². The van der Waals surface area contributed by atoms with E-state index in [1.54, 1.807) is 19.1 Å². The van der Waals surface area contributed by atoms with Crippen LogP contribution in [0.3, 0.4) is 0 Å². The molecule has 0 aliphatic rings. The van der Waals surface area contributed by atoms with Gasteiger partial charge in [0.05, 0.1) is 11.6 Å². The Balaban J connectivity index is 1.92. The van der Waals surface area contributed by atoms with Gasteiger partial charge in [0, 0.05) is 18.9 Å². The number of nitrogens with two attached hydrogens (primary N) is 1. The molecule has 0 aliphatic carbocycles. The second-order valence-electron chi connectivity index (χ2n) is 14.5. The Morgan fingerprint density at radius 3 is 1.87 bits per heavy atom. The number of carboxylic acids is 1. The molecule has 0 fully saturated rings. The standard InChI is InChI=1S/C41H66N3O8P/c1-3-4-5-6-7-8-9-10-11-12-13-14-15-19-31-43-37(35-24-26-36(27-25-35)52-53(49,50)51)32-38(45)44-33(2)40(48)41(42,30-28-39(46)47)29-20-23-34-21-17-16-18-22-34/h16-18,21-22,24-27,33,37,43H,3-15,19-20,23,28-32,42H2,1-2H3,(H,44,45)(H,46,47)(H2,49,50,51). The maximum Gasteiger partial charge on any atom is 0.524 e. The predicted molar refractivity (Wildman–Crippen MR) is 211 cm³/mol. The van der Waals surface area contributed by atoms with Crippen molar-refractivity contribution >= 4 is 25.5 Å². The lowest BCUT2D eigenvalue weighted by molar-refractivity contribution is -0.138. The van der Waals surface area contributed by atoms with E-state index in [1.807, 2.05) is 30.3 Å². The smallest absolute Gasteiger partial charge is 0.481 e. The monoisotopic (exact) mass is 759 g/mol. The van der Waals surface area contributed by atoms with Crippen molar-refractivity contribution < 1.29 is 38.4 Å². The van der Waals surface area contributed by atoms with Crippen LogP contribution in [0.25, 0.3) is 0 Å². The van der Waals surface area contributed by atoms with E-state index in [4.69, 9.17) is 5.73 Å². The molecule has 298 valence electrons. The van der Waals surface area contributed by atoms with Gasteiger partial charge in [-0.2, -0.15) is 0 Å². The summed E-state index contributed by atoms with van der Waals surface area (Å²) in [7, 11) is -4.72. The Morgan fingerprint density at radius 1 is 0.792 bits per heavy atom. The van der Waals surface area contributed by atoms with Crippen LogP contribution >= 0.6 is 7.82 Å². The average Bonchev–Trinajstić information content (AvgIpc) is 3.11. The zero-order valence-electron chi connectivity index (χ0n) is 32.1. The molecule has 11 nitrogen and oxygen atoms in total.